The number of para-hydroxylation sites is 1. The summed E-state index contributed by atoms with van der Waals surface area (Å²) < 4.78 is 0. The van der Waals surface area contributed by atoms with Crippen LogP contribution in [-0.4, -0.2) is 39.9 Å². The molecule has 1 rings (SSSR count). The number of nitrogens with two attached hydrogens (primary N) is 1. The molecule has 0 aliphatic rings. The molecule has 0 heterocycles. The van der Waals surface area contributed by atoms with E-state index in [9.17, 15) is 19.7 Å². The SMILES string of the molecule is CCCN(CC(=O)O)C(=O)c1cccc([N+](=O)[O-])c1N. The Morgan fingerprint density at radius 2 is 2.10 bits per heavy atom. The van der Waals surface area contributed by atoms with Gasteiger partial charge in [-0.05, 0) is 12.5 Å². The van der Waals surface area contributed by atoms with Gasteiger partial charge >= 0.3 is 5.97 Å². The van der Waals surface area contributed by atoms with Crippen LogP contribution < -0.4 is 5.73 Å². The zero-order valence-electron chi connectivity index (χ0n) is 10.9. The van der Waals surface area contributed by atoms with Gasteiger partial charge in [-0.1, -0.05) is 13.0 Å². The molecular formula is C12H15N3O5. The van der Waals surface area contributed by atoms with Crippen LogP contribution in [-0.2, 0) is 4.79 Å². The predicted octanol–water partition coefficient (Wildman–Crippen LogP) is 1.11. The number of amides is 1. The maximum absolute atomic E-state index is 12.2. The Balaban J connectivity index is 3.14. The number of rotatable bonds is 6. The third-order valence-electron chi connectivity index (χ3n) is 2.62. The average Bonchev–Trinajstić information content (AvgIpc) is 2.37. The fraction of sp³-hybridized carbons (Fsp3) is 0.333. The number of nitro groups is 1. The van der Waals surface area contributed by atoms with Crippen LogP contribution in [0, 0.1) is 10.1 Å². The summed E-state index contributed by atoms with van der Waals surface area (Å²) in [6.45, 7) is 1.54. The van der Waals surface area contributed by atoms with Gasteiger partial charge in [0.1, 0.15) is 12.2 Å². The van der Waals surface area contributed by atoms with Crippen molar-refractivity contribution >= 4 is 23.3 Å². The van der Waals surface area contributed by atoms with Gasteiger partial charge in [-0.25, -0.2) is 0 Å². The number of nitrogen functional groups attached to an aromatic ring is 1. The zero-order chi connectivity index (χ0) is 15.3. The number of carbonyl (C=O) groups is 2. The predicted molar refractivity (Wildman–Crippen MR) is 71.3 cm³/mol. The molecule has 0 aromatic heterocycles. The molecule has 8 nitrogen and oxygen atoms in total. The van der Waals surface area contributed by atoms with Crippen LogP contribution in [0.3, 0.4) is 0 Å². The first kappa shape index (κ1) is 15.4. The first-order chi connectivity index (χ1) is 9.38. The van der Waals surface area contributed by atoms with Crippen molar-refractivity contribution in [1.29, 1.82) is 0 Å². The fourth-order valence-electron chi connectivity index (χ4n) is 1.75. The van der Waals surface area contributed by atoms with E-state index in [0.29, 0.717) is 6.42 Å². The van der Waals surface area contributed by atoms with Crippen molar-refractivity contribution < 1.29 is 19.6 Å². The van der Waals surface area contributed by atoms with Crippen LogP contribution in [0.2, 0.25) is 0 Å². The molecule has 3 N–H and O–H groups in total. The third kappa shape index (κ3) is 3.44. The molecule has 108 valence electrons. The lowest BCUT2D eigenvalue weighted by molar-refractivity contribution is -0.383. The summed E-state index contributed by atoms with van der Waals surface area (Å²) in [5, 5.41) is 19.6. The molecule has 1 aromatic carbocycles. The molecule has 0 aliphatic heterocycles. The van der Waals surface area contributed by atoms with Crippen LogP contribution in [0.25, 0.3) is 0 Å². The number of anilines is 1. The largest absolute Gasteiger partial charge is 0.480 e. The number of carboxylic acid groups (broad SMARTS) is 1. The van der Waals surface area contributed by atoms with E-state index in [1.807, 2.05) is 0 Å². The van der Waals surface area contributed by atoms with Gasteiger partial charge in [0.15, 0.2) is 0 Å². The second-order valence-corrected chi connectivity index (χ2v) is 4.12. The Kier molecular flexibility index (Phi) is 5.01. The molecule has 0 saturated heterocycles. The number of hydrogen-bond acceptors (Lipinski definition) is 5. The van der Waals surface area contributed by atoms with Crippen LogP contribution in [0.4, 0.5) is 11.4 Å². The van der Waals surface area contributed by atoms with E-state index in [4.69, 9.17) is 10.8 Å². The maximum atomic E-state index is 12.2. The number of nitrogens with zero attached hydrogens (tertiary/aromatic N) is 2. The van der Waals surface area contributed by atoms with Gasteiger partial charge in [0, 0.05) is 12.6 Å². The van der Waals surface area contributed by atoms with Gasteiger partial charge in [-0.15, -0.1) is 0 Å². The highest BCUT2D eigenvalue weighted by molar-refractivity contribution is 6.02. The quantitative estimate of drug-likeness (QED) is 0.457. The second-order valence-electron chi connectivity index (χ2n) is 4.12. The van der Waals surface area contributed by atoms with E-state index >= 15 is 0 Å². The molecule has 0 atom stereocenters. The fourth-order valence-corrected chi connectivity index (χ4v) is 1.75. The van der Waals surface area contributed by atoms with E-state index in [1.54, 1.807) is 6.92 Å². The third-order valence-corrected chi connectivity index (χ3v) is 2.62. The lowest BCUT2D eigenvalue weighted by Crippen LogP contribution is -2.36. The van der Waals surface area contributed by atoms with Crippen molar-refractivity contribution in [2.24, 2.45) is 0 Å². The molecule has 0 unspecified atom stereocenters. The van der Waals surface area contributed by atoms with Gasteiger partial charge in [0.05, 0.1) is 10.5 Å². The van der Waals surface area contributed by atoms with Crippen molar-refractivity contribution in [3.05, 3.63) is 33.9 Å². The molecule has 8 heteroatoms. The van der Waals surface area contributed by atoms with Crippen LogP contribution in [0.5, 0.6) is 0 Å². The van der Waals surface area contributed by atoms with Crippen molar-refractivity contribution in [2.75, 3.05) is 18.8 Å². The first-order valence-electron chi connectivity index (χ1n) is 5.92. The summed E-state index contributed by atoms with van der Waals surface area (Å²) in [7, 11) is 0. The highest BCUT2D eigenvalue weighted by Crippen LogP contribution is 2.25. The van der Waals surface area contributed by atoms with E-state index in [-0.39, 0.29) is 23.5 Å². The molecule has 0 fully saturated rings. The maximum Gasteiger partial charge on any atom is 0.323 e. The van der Waals surface area contributed by atoms with Crippen LogP contribution in [0.1, 0.15) is 23.7 Å². The van der Waals surface area contributed by atoms with Gasteiger partial charge in [-0.3, -0.25) is 19.7 Å². The number of benzene rings is 1. The van der Waals surface area contributed by atoms with E-state index in [2.05, 4.69) is 0 Å². The lowest BCUT2D eigenvalue weighted by Gasteiger charge is -2.20. The van der Waals surface area contributed by atoms with Crippen molar-refractivity contribution in [2.45, 2.75) is 13.3 Å². The summed E-state index contributed by atoms with van der Waals surface area (Å²) in [4.78, 5) is 34.2. The van der Waals surface area contributed by atoms with Gasteiger partial charge in [0.2, 0.25) is 0 Å². The van der Waals surface area contributed by atoms with Crippen LogP contribution in [0.15, 0.2) is 18.2 Å². The Hall–Kier alpha value is -2.64. The summed E-state index contributed by atoms with van der Waals surface area (Å²) in [6.07, 6.45) is 0.563. The van der Waals surface area contributed by atoms with E-state index in [0.717, 1.165) is 4.90 Å². The van der Waals surface area contributed by atoms with Crippen molar-refractivity contribution in [3.8, 4) is 0 Å². The zero-order valence-corrected chi connectivity index (χ0v) is 10.9. The van der Waals surface area contributed by atoms with Crippen molar-refractivity contribution in [3.63, 3.8) is 0 Å². The number of hydrogen-bond donors (Lipinski definition) is 2. The standard InChI is InChI=1S/C12H15N3O5/c1-2-6-14(7-10(16)17)12(18)8-4-3-5-9(11(8)13)15(19)20/h3-5H,2,6-7,13H2,1H3,(H,16,17). The molecule has 1 amide bonds. The molecule has 1 aromatic rings. The number of nitro benzene ring substituents is 1. The smallest absolute Gasteiger partial charge is 0.323 e. The molecular weight excluding hydrogens is 266 g/mol. The number of aliphatic carboxylic acids is 1. The second kappa shape index (κ2) is 6.50. The average molecular weight is 281 g/mol. The normalized spacial score (nSPS) is 10.1. The minimum absolute atomic E-state index is 0.0612. The summed E-state index contributed by atoms with van der Waals surface area (Å²) in [5.74, 6) is -1.79. The topological polar surface area (TPSA) is 127 Å². The van der Waals surface area contributed by atoms with Crippen LogP contribution >= 0.6 is 0 Å². The summed E-state index contributed by atoms with van der Waals surface area (Å²) in [5.41, 5.74) is 4.92. The minimum Gasteiger partial charge on any atom is -0.480 e. The molecule has 0 aliphatic carbocycles. The summed E-state index contributed by atoms with van der Waals surface area (Å²) >= 11 is 0. The van der Waals surface area contributed by atoms with E-state index in [1.165, 1.54) is 18.2 Å². The Bertz CT molecular complexity index is 544. The molecule has 20 heavy (non-hydrogen) atoms. The Morgan fingerprint density at radius 3 is 2.60 bits per heavy atom. The first-order valence-corrected chi connectivity index (χ1v) is 5.92. The van der Waals surface area contributed by atoms with Gasteiger partial charge in [-0.2, -0.15) is 0 Å². The Morgan fingerprint density at radius 1 is 1.45 bits per heavy atom. The van der Waals surface area contributed by atoms with Gasteiger partial charge < -0.3 is 15.7 Å². The molecule has 0 bridgehead atoms. The summed E-state index contributed by atoms with van der Waals surface area (Å²) in [6, 6.07) is 3.87. The number of carbonyl (C=O) groups excluding carboxylic acids is 1. The monoisotopic (exact) mass is 281 g/mol. The van der Waals surface area contributed by atoms with E-state index < -0.39 is 23.3 Å². The van der Waals surface area contributed by atoms with Crippen molar-refractivity contribution in [1.82, 2.24) is 4.90 Å². The Labute approximate surface area is 114 Å². The number of carboxylic acids is 1. The highest BCUT2D eigenvalue weighted by atomic mass is 16.6. The minimum atomic E-state index is -1.16. The highest BCUT2D eigenvalue weighted by Gasteiger charge is 2.24. The molecule has 0 radical (unpaired) electrons. The van der Waals surface area contributed by atoms with Gasteiger partial charge in [0.25, 0.3) is 11.6 Å². The lowest BCUT2D eigenvalue weighted by atomic mass is 10.1. The molecule has 0 spiro atoms. The molecule has 0 saturated carbocycles.